The molecule has 0 saturated heterocycles. The number of nitrogens with zero attached hydrogens (tertiary/aromatic N) is 1. The Bertz CT molecular complexity index is 606. The number of pyridine rings is 1. The van der Waals surface area contributed by atoms with Crippen LogP contribution in [-0.4, -0.2) is 11.0 Å². The highest BCUT2D eigenvalue weighted by atomic mass is 16.5. The van der Waals surface area contributed by atoms with E-state index in [1.54, 1.807) is 6.20 Å². The summed E-state index contributed by atoms with van der Waals surface area (Å²) < 4.78 is 6.17. The van der Waals surface area contributed by atoms with Crippen molar-refractivity contribution in [3.8, 4) is 11.5 Å². The SMILES string of the molecule is CC(C)c1ccccc1Oc1ccncc1CNC1CC1. The Hall–Kier alpha value is -1.87. The van der Waals surface area contributed by atoms with Crippen molar-refractivity contribution >= 4 is 0 Å². The first-order valence-electron chi connectivity index (χ1n) is 7.67. The monoisotopic (exact) mass is 282 g/mol. The van der Waals surface area contributed by atoms with E-state index in [2.05, 4.69) is 36.3 Å². The van der Waals surface area contributed by atoms with Gasteiger partial charge in [0, 0.05) is 30.5 Å². The molecule has 3 heteroatoms. The number of nitrogens with one attached hydrogen (secondary N) is 1. The second-order valence-corrected chi connectivity index (χ2v) is 5.93. The molecule has 1 fully saturated rings. The fraction of sp³-hybridized carbons (Fsp3) is 0.389. The van der Waals surface area contributed by atoms with Crippen LogP contribution in [-0.2, 0) is 6.54 Å². The fourth-order valence-electron chi connectivity index (χ4n) is 2.36. The molecule has 0 atom stereocenters. The summed E-state index contributed by atoms with van der Waals surface area (Å²) in [6.45, 7) is 5.19. The van der Waals surface area contributed by atoms with Gasteiger partial charge in [-0.3, -0.25) is 4.98 Å². The zero-order valence-corrected chi connectivity index (χ0v) is 12.7. The number of hydrogen-bond donors (Lipinski definition) is 1. The lowest BCUT2D eigenvalue weighted by Gasteiger charge is -2.16. The van der Waals surface area contributed by atoms with E-state index in [1.807, 2.05) is 24.4 Å². The number of benzene rings is 1. The summed E-state index contributed by atoms with van der Waals surface area (Å²) in [4.78, 5) is 4.22. The van der Waals surface area contributed by atoms with Crippen molar-refractivity contribution < 1.29 is 4.74 Å². The Morgan fingerprint density at radius 3 is 2.76 bits per heavy atom. The molecule has 1 aliphatic rings. The molecule has 0 unspecified atom stereocenters. The molecule has 3 nitrogen and oxygen atoms in total. The molecular weight excluding hydrogens is 260 g/mol. The maximum Gasteiger partial charge on any atom is 0.135 e. The molecule has 1 aliphatic carbocycles. The van der Waals surface area contributed by atoms with Crippen LogP contribution in [0.2, 0.25) is 0 Å². The first-order valence-corrected chi connectivity index (χ1v) is 7.67. The Morgan fingerprint density at radius 2 is 2.00 bits per heavy atom. The Balaban J connectivity index is 1.80. The molecular formula is C18H22N2O. The second kappa shape index (κ2) is 6.27. The van der Waals surface area contributed by atoms with E-state index in [-0.39, 0.29) is 0 Å². The third-order valence-electron chi connectivity index (χ3n) is 3.78. The number of aromatic nitrogens is 1. The van der Waals surface area contributed by atoms with Gasteiger partial charge in [-0.25, -0.2) is 0 Å². The molecule has 1 saturated carbocycles. The highest BCUT2D eigenvalue weighted by Gasteiger charge is 2.20. The lowest BCUT2D eigenvalue weighted by Crippen LogP contribution is -2.16. The summed E-state index contributed by atoms with van der Waals surface area (Å²) in [5.41, 5.74) is 2.35. The molecule has 0 aliphatic heterocycles. The van der Waals surface area contributed by atoms with Crippen LogP contribution in [0.25, 0.3) is 0 Å². The molecule has 1 N–H and O–H groups in total. The Kier molecular flexibility index (Phi) is 4.20. The van der Waals surface area contributed by atoms with Gasteiger partial charge in [-0.05, 0) is 36.5 Å². The number of hydrogen-bond acceptors (Lipinski definition) is 3. The maximum atomic E-state index is 6.17. The summed E-state index contributed by atoms with van der Waals surface area (Å²) in [5.74, 6) is 2.27. The average Bonchev–Trinajstić information content (AvgIpc) is 3.31. The van der Waals surface area contributed by atoms with Gasteiger partial charge in [0.1, 0.15) is 11.5 Å². The quantitative estimate of drug-likeness (QED) is 0.860. The molecule has 0 bridgehead atoms. The van der Waals surface area contributed by atoms with Gasteiger partial charge in [0.25, 0.3) is 0 Å². The van der Waals surface area contributed by atoms with Crippen molar-refractivity contribution in [3.05, 3.63) is 53.9 Å². The van der Waals surface area contributed by atoms with Crippen LogP contribution < -0.4 is 10.1 Å². The van der Waals surface area contributed by atoms with Crippen LogP contribution >= 0.6 is 0 Å². The lowest BCUT2D eigenvalue weighted by molar-refractivity contribution is 0.463. The first-order chi connectivity index (χ1) is 10.2. The van der Waals surface area contributed by atoms with Crippen LogP contribution in [0.15, 0.2) is 42.7 Å². The number of ether oxygens (including phenoxy) is 1. The molecule has 2 aromatic rings. The Morgan fingerprint density at radius 1 is 1.19 bits per heavy atom. The molecule has 0 spiro atoms. The number of rotatable bonds is 6. The highest BCUT2D eigenvalue weighted by Crippen LogP contribution is 2.32. The summed E-state index contributed by atoms with van der Waals surface area (Å²) in [6.07, 6.45) is 6.25. The second-order valence-electron chi connectivity index (χ2n) is 5.93. The van der Waals surface area contributed by atoms with Crippen LogP contribution in [0.1, 0.15) is 43.7 Å². The van der Waals surface area contributed by atoms with Crippen LogP contribution in [0.3, 0.4) is 0 Å². The van der Waals surface area contributed by atoms with E-state index < -0.39 is 0 Å². The van der Waals surface area contributed by atoms with Crippen LogP contribution in [0.5, 0.6) is 11.5 Å². The molecule has 110 valence electrons. The zero-order valence-electron chi connectivity index (χ0n) is 12.7. The maximum absolute atomic E-state index is 6.17. The van der Waals surface area contributed by atoms with Crippen molar-refractivity contribution in [2.45, 2.75) is 45.2 Å². The van der Waals surface area contributed by atoms with Crippen molar-refractivity contribution in [3.63, 3.8) is 0 Å². The van der Waals surface area contributed by atoms with Crippen molar-refractivity contribution in [1.29, 1.82) is 0 Å². The Labute approximate surface area is 126 Å². The third kappa shape index (κ3) is 3.61. The minimum atomic E-state index is 0.441. The summed E-state index contributed by atoms with van der Waals surface area (Å²) in [6, 6.07) is 10.9. The minimum absolute atomic E-state index is 0.441. The average molecular weight is 282 g/mol. The van der Waals surface area contributed by atoms with E-state index in [4.69, 9.17) is 4.74 Å². The zero-order chi connectivity index (χ0) is 14.7. The smallest absolute Gasteiger partial charge is 0.135 e. The largest absolute Gasteiger partial charge is 0.457 e. The van der Waals surface area contributed by atoms with E-state index in [1.165, 1.54) is 18.4 Å². The van der Waals surface area contributed by atoms with Crippen molar-refractivity contribution in [2.24, 2.45) is 0 Å². The third-order valence-corrected chi connectivity index (χ3v) is 3.78. The van der Waals surface area contributed by atoms with E-state index in [0.29, 0.717) is 12.0 Å². The van der Waals surface area contributed by atoms with Crippen LogP contribution in [0.4, 0.5) is 0 Å². The predicted octanol–water partition coefficient (Wildman–Crippen LogP) is 4.25. The standard InChI is InChI=1S/C18H22N2O/c1-13(2)16-5-3-4-6-18(16)21-17-9-10-19-11-14(17)12-20-15-7-8-15/h3-6,9-11,13,15,20H,7-8,12H2,1-2H3. The molecule has 1 heterocycles. The van der Waals surface area contributed by atoms with E-state index in [9.17, 15) is 0 Å². The van der Waals surface area contributed by atoms with Gasteiger partial charge in [-0.15, -0.1) is 0 Å². The predicted molar refractivity (Wildman–Crippen MR) is 84.7 cm³/mol. The molecule has 0 radical (unpaired) electrons. The van der Waals surface area contributed by atoms with Gasteiger partial charge in [-0.2, -0.15) is 0 Å². The summed E-state index contributed by atoms with van der Waals surface area (Å²) >= 11 is 0. The van der Waals surface area contributed by atoms with Gasteiger partial charge in [0.05, 0.1) is 0 Å². The van der Waals surface area contributed by atoms with E-state index in [0.717, 1.165) is 23.6 Å². The van der Waals surface area contributed by atoms with Gasteiger partial charge in [0.15, 0.2) is 0 Å². The summed E-state index contributed by atoms with van der Waals surface area (Å²) in [7, 11) is 0. The lowest BCUT2D eigenvalue weighted by atomic mass is 10.0. The van der Waals surface area contributed by atoms with Crippen molar-refractivity contribution in [2.75, 3.05) is 0 Å². The van der Waals surface area contributed by atoms with Gasteiger partial charge in [0.2, 0.25) is 0 Å². The van der Waals surface area contributed by atoms with Gasteiger partial charge >= 0.3 is 0 Å². The molecule has 3 rings (SSSR count). The van der Waals surface area contributed by atoms with E-state index >= 15 is 0 Å². The summed E-state index contributed by atoms with van der Waals surface area (Å²) in [5, 5.41) is 3.52. The fourth-order valence-corrected chi connectivity index (χ4v) is 2.36. The van der Waals surface area contributed by atoms with Gasteiger partial charge < -0.3 is 10.1 Å². The topological polar surface area (TPSA) is 34.1 Å². The highest BCUT2D eigenvalue weighted by molar-refractivity contribution is 5.41. The molecule has 21 heavy (non-hydrogen) atoms. The minimum Gasteiger partial charge on any atom is -0.457 e. The van der Waals surface area contributed by atoms with Crippen molar-refractivity contribution in [1.82, 2.24) is 10.3 Å². The molecule has 1 aromatic carbocycles. The molecule has 0 amide bonds. The number of para-hydroxylation sites is 1. The van der Waals surface area contributed by atoms with Crippen LogP contribution in [0, 0.1) is 0 Å². The molecule has 1 aromatic heterocycles. The first kappa shape index (κ1) is 14.1. The normalized spacial score (nSPS) is 14.4. The van der Waals surface area contributed by atoms with Gasteiger partial charge in [-0.1, -0.05) is 32.0 Å².